The van der Waals surface area contributed by atoms with Gasteiger partial charge in [-0.3, -0.25) is 0 Å². The van der Waals surface area contributed by atoms with E-state index in [4.69, 9.17) is 5.11 Å². The molecule has 0 aliphatic heterocycles. The minimum Gasteiger partial charge on any atom is -0.478 e. The number of rotatable bonds is 3. The highest BCUT2D eigenvalue weighted by molar-refractivity contribution is 5.92. The fourth-order valence-corrected chi connectivity index (χ4v) is 2.31. The number of nitrogens with one attached hydrogen (secondary N) is 1. The standard InChI is InChI=1S/C17H16N2O2/c1-10(2)11-3-5-12(6-4-11)16-18-14-8-7-13(17(20)21)9-15(14)19-16/h3-10H,1-2H3,(H,18,19)(H,20,21). The van der Waals surface area contributed by atoms with Crippen LogP contribution in [-0.2, 0) is 0 Å². The van der Waals surface area contributed by atoms with E-state index in [9.17, 15) is 4.79 Å². The summed E-state index contributed by atoms with van der Waals surface area (Å²) >= 11 is 0. The number of benzene rings is 2. The average Bonchev–Trinajstić information content (AvgIpc) is 2.90. The van der Waals surface area contributed by atoms with Gasteiger partial charge in [0.25, 0.3) is 0 Å². The second-order valence-electron chi connectivity index (χ2n) is 5.40. The Morgan fingerprint density at radius 2 is 1.86 bits per heavy atom. The highest BCUT2D eigenvalue weighted by Gasteiger charge is 2.09. The summed E-state index contributed by atoms with van der Waals surface area (Å²) in [5.41, 5.74) is 4.03. The molecule has 4 heteroatoms. The molecule has 0 saturated carbocycles. The number of H-pyrrole nitrogens is 1. The molecule has 4 nitrogen and oxygen atoms in total. The molecular weight excluding hydrogens is 264 g/mol. The first-order valence-corrected chi connectivity index (χ1v) is 6.88. The molecule has 1 heterocycles. The summed E-state index contributed by atoms with van der Waals surface area (Å²) in [5.74, 6) is 0.310. The van der Waals surface area contributed by atoms with Gasteiger partial charge in [0.2, 0.25) is 0 Å². The fraction of sp³-hybridized carbons (Fsp3) is 0.176. The van der Waals surface area contributed by atoms with E-state index in [0.29, 0.717) is 5.92 Å². The maximum absolute atomic E-state index is 11.0. The Hall–Kier alpha value is -2.62. The molecule has 0 aliphatic rings. The molecule has 0 unspecified atom stereocenters. The van der Waals surface area contributed by atoms with E-state index in [-0.39, 0.29) is 5.56 Å². The van der Waals surface area contributed by atoms with Crippen LogP contribution in [0.1, 0.15) is 35.7 Å². The lowest BCUT2D eigenvalue weighted by Gasteiger charge is -2.05. The van der Waals surface area contributed by atoms with Crippen LogP contribution in [0.5, 0.6) is 0 Å². The van der Waals surface area contributed by atoms with Crippen LogP contribution in [0.2, 0.25) is 0 Å². The fourth-order valence-electron chi connectivity index (χ4n) is 2.31. The van der Waals surface area contributed by atoms with Gasteiger partial charge in [-0.15, -0.1) is 0 Å². The molecule has 21 heavy (non-hydrogen) atoms. The minimum absolute atomic E-state index is 0.257. The number of carboxylic acids is 1. The van der Waals surface area contributed by atoms with Gasteiger partial charge in [0.1, 0.15) is 5.82 Å². The van der Waals surface area contributed by atoms with Gasteiger partial charge in [-0.2, -0.15) is 0 Å². The third-order valence-electron chi connectivity index (χ3n) is 3.58. The quantitative estimate of drug-likeness (QED) is 0.760. The third-order valence-corrected chi connectivity index (χ3v) is 3.58. The number of aromatic nitrogens is 2. The highest BCUT2D eigenvalue weighted by Crippen LogP contribution is 2.23. The number of carboxylic acid groups (broad SMARTS) is 1. The molecule has 3 rings (SSSR count). The normalized spacial score (nSPS) is 11.2. The predicted octanol–water partition coefficient (Wildman–Crippen LogP) is 4.05. The van der Waals surface area contributed by atoms with Crippen molar-refractivity contribution in [1.82, 2.24) is 9.97 Å². The zero-order valence-corrected chi connectivity index (χ0v) is 11.9. The van der Waals surface area contributed by atoms with Crippen molar-refractivity contribution in [3.63, 3.8) is 0 Å². The Bertz CT molecular complexity index is 801. The van der Waals surface area contributed by atoms with Crippen LogP contribution in [0.15, 0.2) is 42.5 Å². The van der Waals surface area contributed by atoms with E-state index < -0.39 is 5.97 Å². The number of hydrogen-bond donors (Lipinski definition) is 2. The van der Waals surface area contributed by atoms with Crippen molar-refractivity contribution in [2.75, 3.05) is 0 Å². The van der Waals surface area contributed by atoms with Crippen LogP contribution < -0.4 is 0 Å². The second kappa shape index (κ2) is 5.05. The Kier molecular flexibility index (Phi) is 3.22. The average molecular weight is 280 g/mol. The van der Waals surface area contributed by atoms with Crippen molar-refractivity contribution in [3.05, 3.63) is 53.6 Å². The number of nitrogens with zero attached hydrogens (tertiary/aromatic N) is 1. The summed E-state index contributed by atoms with van der Waals surface area (Å²) in [6.07, 6.45) is 0. The number of hydrogen-bond acceptors (Lipinski definition) is 2. The van der Waals surface area contributed by atoms with Gasteiger partial charge >= 0.3 is 5.97 Å². The van der Waals surface area contributed by atoms with Crippen molar-refractivity contribution < 1.29 is 9.90 Å². The number of aromatic amines is 1. The van der Waals surface area contributed by atoms with E-state index in [1.807, 2.05) is 12.1 Å². The molecule has 0 aliphatic carbocycles. The van der Waals surface area contributed by atoms with Crippen LogP contribution in [0.3, 0.4) is 0 Å². The molecule has 2 aromatic carbocycles. The van der Waals surface area contributed by atoms with Crippen LogP contribution >= 0.6 is 0 Å². The Balaban J connectivity index is 2.02. The van der Waals surface area contributed by atoms with Crippen molar-refractivity contribution in [3.8, 4) is 11.4 Å². The van der Waals surface area contributed by atoms with E-state index in [1.54, 1.807) is 18.2 Å². The molecular formula is C17H16N2O2. The van der Waals surface area contributed by atoms with Gasteiger partial charge in [-0.1, -0.05) is 38.1 Å². The number of carbonyl (C=O) groups is 1. The summed E-state index contributed by atoms with van der Waals surface area (Å²) in [4.78, 5) is 18.7. The number of imidazole rings is 1. The van der Waals surface area contributed by atoms with Gasteiger partial charge in [-0.25, -0.2) is 9.78 Å². The van der Waals surface area contributed by atoms with Gasteiger partial charge in [0.05, 0.1) is 16.6 Å². The Labute approximate surface area is 122 Å². The van der Waals surface area contributed by atoms with Crippen LogP contribution in [0.4, 0.5) is 0 Å². The molecule has 106 valence electrons. The van der Waals surface area contributed by atoms with Gasteiger partial charge in [0, 0.05) is 5.56 Å². The van der Waals surface area contributed by atoms with Crippen molar-refractivity contribution in [1.29, 1.82) is 0 Å². The summed E-state index contributed by atoms with van der Waals surface area (Å²) < 4.78 is 0. The van der Waals surface area contributed by atoms with E-state index >= 15 is 0 Å². The smallest absolute Gasteiger partial charge is 0.335 e. The van der Waals surface area contributed by atoms with Gasteiger partial charge in [0.15, 0.2) is 0 Å². The first-order valence-electron chi connectivity index (χ1n) is 6.88. The number of aromatic carboxylic acids is 1. The zero-order valence-electron chi connectivity index (χ0n) is 11.9. The lowest BCUT2D eigenvalue weighted by molar-refractivity contribution is 0.0697. The molecule has 0 radical (unpaired) electrons. The van der Waals surface area contributed by atoms with Crippen LogP contribution in [0, 0.1) is 0 Å². The summed E-state index contributed by atoms with van der Waals surface area (Å²) in [6, 6.07) is 13.1. The first kappa shape index (κ1) is 13.4. The Morgan fingerprint density at radius 3 is 2.48 bits per heavy atom. The first-order chi connectivity index (χ1) is 10.0. The van der Waals surface area contributed by atoms with E-state index in [2.05, 4.69) is 35.9 Å². The molecule has 1 aromatic heterocycles. The maximum Gasteiger partial charge on any atom is 0.335 e. The lowest BCUT2D eigenvalue weighted by atomic mass is 10.0. The van der Waals surface area contributed by atoms with Gasteiger partial charge < -0.3 is 10.1 Å². The molecule has 0 amide bonds. The second-order valence-corrected chi connectivity index (χ2v) is 5.40. The van der Waals surface area contributed by atoms with E-state index in [0.717, 1.165) is 22.4 Å². The third kappa shape index (κ3) is 2.52. The Morgan fingerprint density at radius 1 is 1.14 bits per heavy atom. The summed E-state index contributed by atoms with van der Waals surface area (Å²) in [6.45, 7) is 4.31. The number of fused-ring (bicyclic) bond motifs is 1. The SMILES string of the molecule is CC(C)c1ccc(-c2nc3ccc(C(=O)O)cc3[nH]2)cc1. The zero-order chi connectivity index (χ0) is 15.0. The minimum atomic E-state index is -0.936. The maximum atomic E-state index is 11.0. The molecule has 2 N–H and O–H groups in total. The molecule has 0 atom stereocenters. The van der Waals surface area contributed by atoms with Crippen molar-refractivity contribution in [2.24, 2.45) is 0 Å². The predicted molar refractivity (Wildman–Crippen MR) is 82.6 cm³/mol. The largest absolute Gasteiger partial charge is 0.478 e. The molecule has 3 aromatic rings. The molecule has 0 saturated heterocycles. The summed E-state index contributed by atoms with van der Waals surface area (Å²) in [7, 11) is 0. The lowest BCUT2D eigenvalue weighted by Crippen LogP contribution is -1.94. The van der Waals surface area contributed by atoms with Crippen molar-refractivity contribution >= 4 is 17.0 Å². The summed E-state index contributed by atoms with van der Waals surface area (Å²) in [5, 5.41) is 9.02. The monoisotopic (exact) mass is 280 g/mol. The van der Waals surface area contributed by atoms with Crippen LogP contribution in [-0.4, -0.2) is 21.0 Å². The molecule has 0 bridgehead atoms. The van der Waals surface area contributed by atoms with Gasteiger partial charge in [-0.05, 0) is 29.7 Å². The topological polar surface area (TPSA) is 66.0 Å². The van der Waals surface area contributed by atoms with Crippen LogP contribution in [0.25, 0.3) is 22.4 Å². The van der Waals surface area contributed by atoms with E-state index in [1.165, 1.54) is 5.56 Å². The molecule has 0 spiro atoms. The van der Waals surface area contributed by atoms with Crippen molar-refractivity contribution in [2.45, 2.75) is 19.8 Å². The molecule has 0 fully saturated rings. The highest BCUT2D eigenvalue weighted by atomic mass is 16.4.